The van der Waals surface area contributed by atoms with Crippen LogP contribution in [-0.2, 0) is 0 Å². The van der Waals surface area contributed by atoms with Gasteiger partial charge in [-0.05, 0) is 24.1 Å². The summed E-state index contributed by atoms with van der Waals surface area (Å²) in [6.45, 7) is 4.65. The van der Waals surface area contributed by atoms with Gasteiger partial charge in [-0.25, -0.2) is 0 Å². The zero-order chi connectivity index (χ0) is 13.0. The molecule has 1 unspecified atom stereocenters. The van der Waals surface area contributed by atoms with E-state index in [1.807, 2.05) is 13.8 Å². The molecule has 1 atom stereocenters. The third-order valence-corrected chi connectivity index (χ3v) is 2.87. The fourth-order valence-electron chi connectivity index (χ4n) is 1.34. The second kappa shape index (κ2) is 5.89. The van der Waals surface area contributed by atoms with Crippen LogP contribution in [0.5, 0.6) is 0 Å². The smallest absolute Gasteiger partial charge is 0.250 e. The maximum absolute atomic E-state index is 11.2. The highest BCUT2D eigenvalue weighted by Crippen LogP contribution is 2.20. The van der Waals surface area contributed by atoms with Crippen LogP contribution in [-0.4, -0.2) is 18.5 Å². The van der Waals surface area contributed by atoms with E-state index in [1.165, 1.54) is 0 Å². The number of hydrogen-bond donors (Lipinski definition) is 3. The number of halogens is 1. The van der Waals surface area contributed by atoms with Crippen LogP contribution in [0.1, 0.15) is 24.2 Å². The fourth-order valence-corrected chi connectivity index (χ4v) is 1.51. The quantitative estimate of drug-likeness (QED) is 0.751. The summed E-state index contributed by atoms with van der Waals surface area (Å²) in [6, 6.07) is 4.92. The second-order valence-corrected chi connectivity index (χ2v) is 4.78. The molecule has 5 N–H and O–H groups in total. The first-order valence-electron chi connectivity index (χ1n) is 5.50. The molecule has 0 aliphatic carbocycles. The predicted octanol–water partition coefficient (Wildman–Crippen LogP) is 1.83. The zero-order valence-corrected chi connectivity index (χ0v) is 10.8. The van der Waals surface area contributed by atoms with E-state index in [-0.39, 0.29) is 6.04 Å². The van der Waals surface area contributed by atoms with Crippen LogP contribution in [0.2, 0.25) is 5.02 Å². The highest BCUT2D eigenvalue weighted by atomic mass is 35.5. The molecule has 1 aromatic carbocycles. The van der Waals surface area contributed by atoms with Gasteiger partial charge in [0.25, 0.3) is 5.91 Å². The zero-order valence-electron chi connectivity index (χ0n) is 10.0. The molecule has 4 nitrogen and oxygen atoms in total. The lowest BCUT2D eigenvalue weighted by Gasteiger charge is -2.18. The maximum atomic E-state index is 11.2. The molecule has 1 amide bonds. The van der Waals surface area contributed by atoms with Gasteiger partial charge in [0.05, 0.1) is 5.56 Å². The third kappa shape index (κ3) is 3.91. The molecule has 0 fully saturated rings. The molecule has 1 aromatic rings. The Balaban J connectivity index is 2.82. The van der Waals surface area contributed by atoms with E-state index in [4.69, 9.17) is 23.1 Å². The van der Waals surface area contributed by atoms with E-state index in [9.17, 15) is 4.79 Å². The van der Waals surface area contributed by atoms with Crippen molar-refractivity contribution in [3.05, 3.63) is 28.8 Å². The molecule has 1 rings (SSSR count). The summed E-state index contributed by atoms with van der Waals surface area (Å²) in [6.07, 6.45) is 0. The average molecular weight is 256 g/mol. The van der Waals surface area contributed by atoms with Crippen molar-refractivity contribution in [3.8, 4) is 0 Å². The number of benzene rings is 1. The lowest BCUT2D eigenvalue weighted by molar-refractivity contribution is 0.100. The summed E-state index contributed by atoms with van der Waals surface area (Å²) in [5.74, 6) is -0.124. The van der Waals surface area contributed by atoms with Crippen molar-refractivity contribution in [2.45, 2.75) is 19.9 Å². The van der Waals surface area contributed by atoms with Gasteiger partial charge < -0.3 is 16.8 Å². The van der Waals surface area contributed by atoms with Gasteiger partial charge in [-0.3, -0.25) is 4.79 Å². The summed E-state index contributed by atoms with van der Waals surface area (Å²) in [5.41, 5.74) is 12.2. The van der Waals surface area contributed by atoms with E-state index >= 15 is 0 Å². The van der Waals surface area contributed by atoms with Gasteiger partial charge >= 0.3 is 0 Å². The van der Waals surface area contributed by atoms with Crippen molar-refractivity contribution in [2.24, 2.45) is 17.4 Å². The van der Waals surface area contributed by atoms with Gasteiger partial charge in [-0.15, -0.1) is 0 Å². The Morgan fingerprint density at radius 1 is 1.47 bits per heavy atom. The lowest BCUT2D eigenvalue weighted by atomic mass is 10.1. The molecule has 0 aromatic heterocycles. The maximum Gasteiger partial charge on any atom is 0.250 e. The van der Waals surface area contributed by atoms with Crippen molar-refractivity contribution in [1.82, 2.24) is 0 Å². The minimum Gasteiger partial charge on any atom is -0.383 e. The van der Waals surface area contributed by atoms with E-state index in [0.29, 0.717) is 28.7 Å². The first kappa shape index (κ1) is 13.8. The van der Waals surface area contributed by atoms with Crippen LogP contribution in [0.25, 0.3) is 0 Å². The molecule has 17 heavy (non-hydrogen) atoms. The number of nitrogens with one attached hydrogen (secondary N) is 1. The Morgan fingerprint density at radius 3 is 2.65 bits per heavy atom. The number of rotatable bonds is 5. The summed E-state index contributed by atoms with van der Waals surface area (Å²) >= 11 is 5.88. The Labute approximate surface area is 106 Å². The van der Waals surface area contributed by atoms with Crippen LogP contribution in [0.4, 0.5) is 5.69 Å². The van der Waals surface area contributed by atoms with E-state index in [1.54, 1.807) is 18.2 Å². The topological polar surface area (TPSA) is 81.1 Å². The number of carbonyl (C=O) groups excluding carboxylic acids is 1. The van der Waals surface area contributed by atoms with E-state index in [0.717, 1.165) is 0 Å². The van der Waals surface area contributed by atoms with E-state index < -0.39 is 5.91 Å². The summed E-state index contributed by atoms with van der Waals surface area (Å²) in [4.78, 5) is 11.2. The van der Waals surface area contributed by atoms with Crippen LogP contribution < -0.4 is 16.8 Å². The van der Waals surface area contributed by atoms with Crippen molar-refractivity contribution >= 4 is 23.2 Å². The molecule has 0 saturated carbocycles. The molecular formula is C12H18ClN3O. The molecule has 0 aliphatic rings. The van der Waals surface area contributed by atoms with Gasteiger partial charge in [0.1, 0.15) is 0 Å². The van der Waals surface area contributed by atoms with Gasteiger partial charge in [0, 0.05) is 23.3 Å². The van der Waals surface area contributed by atoms with Crippen molar-refractivity contribution in [1.29, 1.82) is 0 Å². The third-order valence-electron chi connectivity index (χ3n) is 2.63. The second-order valence-electron chi connectivity index (χ2n) is 4.34. The van der Waals surface area contributed by atoms with Gasteiger partial charge in [-0.2, -0.15) is 0 Å². The Bertz CT molecular complexity index is 407. The summed E-state index contributed by atoms with van der Waals surface area (Å²) in [7, 11) is 0. The van der Waals surface area contributed by atoms with Gasteiger partial charge in [0.15, 0.2) is 0 Å². The molecule has 0 aliphatic heterocycles. The van der Waals surface area contributed by atoms with Crippen LogP contribution >= 0.6 is 11.6 Å². The largest absolute Gasteiger partial charge is 0.383 e. The molecule has 0 spiro atoms. The van der Waals surface area contributed by atoms with Gasteiger partial charge in [-0.1, -0.05) is 25.4 Å². The average Bonchev–Trinajstić information content (AvgIpc) is 2.25. The number of primary amides is 1. The first-order chi connectivity index (χ1) is 7.91. The molecule has 94 valence electrons. The van der Waals surface area contributed by atoms with Crippen molar-refractivity contribution in [3.63, 3.8) is 0 Å². The standard InChI is InChI=1S/C12H18ClN3O/c1-7(2)10(14)6-16-11-5-8(13)3-4-9(11)12(15)17/h3-5,7,10,16H,6,14H2,1-2H3,(H2,15,17). The number of carbonyl (C=O) groups is 1. The Morgan fingerprint density at radius 2 is 2.12 bits per heavy atom. The molecule has 0 bridgehead atoms. The van der Waals surface area contributed by atoms with E-state index in [2.05, 4.69) is 5.32 Å². The Hall–Kier alpha value is -1.26. The molecule has 0 heterocycles. The minimum absolute atomic E-state index is 0.00899. The normalized spacial score (nSPS) is 12.5. The number of hydrogen-bond acceptors (Lipinski definition) is 3. The predicted molar refractivity (Wildman–Crippen MR) is 71.3 cm³/mol. The lowest BCUT2D eigenvalue weighted by Crippen LogP contribution is -2.34. The van der Waals surface area contributed by atoms with Crippen LogP contribution in [0.3, 0.4) is 0 Å². The van der Waals surface area contributed by atoms with Gasteiger partial charge in [0.2, 0.25) is 0 Å². The van der Waals surface area contributed by atoms with Crippen molar-refractivity contribution < 1.29 is 4.79 Å². The molecule has 0 radical (unpaired) electrons. The molecule has 5 heteroatoms. The minimum atomic E-state index is -0.484. The summed E-state index contributed by atoms with van der Waals surface area (Å²) < 4.78 is 0. The Kier molecular flexibility index (Phi) is 4.78. The summed E-state index contributed by atoms with van der Waals surface area (Å²) in [5, 5.41) is 3.66. The highest BCUT2D eigenvalue weighted by Gasteiger charge is 2.11. The van der Waals surface area contributed by atoms with Crippen LogP contribution in [0, 0.1) is 5.92 Å². The number of nitrogens with two attached hydrogens (primary N) is 2. The van der Waals surface area contributed by atoms with Crippen LogP contribution in [0.15, 0.2) is 18.2 Å². The first-order valence-corrected chi connectivity index (χ1v) is 5.88. The number of anilines is 1. The molecule has 0 saturated heterocycles. The number of amides is 1. The molecular weight excluding hydrogens is 238 g/mol. The SMILES string of the molecule is CC(C)C(N)CNc1cc(Cl)ccc1C(N)=O. The fraction of sp³-hybridized carbons (Fsp3) is 0.417. The monoisotopic (exact) mass is 255 g/mol. The highest BCUT2D eigenvalue weighted by molar-refractivity contribution is 6.31. The van der Waals surface area contributed by atoms with Crippen molar-refractivity contribution in [2.75, 3.05) is 11.9 Å².